The zero-order valence-electron chi connectivity index (χ0n) is 13.3. The Labute approximate surface area is 135 Å². The van der Waals surface area contributed by atoms with Gasteiger partial charge in [0.15, 0.2) is 17.3 Å². The number of ketones is 1. The minimum Gasteiger partial charge on any atom is -0.493 e. The van der Waals surface area contributed by atoms with Gasteiger partial charge in [0.25, 0.3) is 0 Å². The number of nitrogen functional groups attached to an aromatic ring is 1. The zero-order chi connectivity index (χ0) is 16.8. The predicted octanol–water partition coefficient (Wildman–Crippen LogP) is 3.19. The topological polar surface area (TPSA) is 70.8 Å². The molecule has 0 unspecified atom stereocenters. The minimum atomic E-state index is -0.133. The van der Waals surface area contributed by atoms with Crippen molar-refractivity contribution < 1.29 is 19.0 Å². The van der Waals surface area contributed by atoms with Crippen LogP contribution in [0, 0.1) is 0 Å². The highest BCUT2D eigenvalue weighted by Gasteiger charge is 2.12. The van der Waals surface area contributed by atoms with Crippen LogP contribution in [0.15, 0.2) is 42.5 Å². The van der Waals surface area contributed by atoms with Crippen LogP contribution in [0.4, 0.5) is 5.69 Å². The molecule has 0 radical (unpaired) electrons. The number of hydrogen-bond acceptors (Lipinski definition) is 5. The third-order valence-electron chi connectivity index (χ3n) is 3.29. The van der Waals surface area contributed by atoms with Crippen LogP contribution in [-0.4, -0.2) is 27.1 Å². The smallest absolute Gasteiger partial charge is 0.203 e. The predicted molar refractivity (Wildman–Crippen MR) is 90.3 cm³/mol. The summed E-state index contributed by atoms with van der Waals surface area (Å²) in [5.74, 6) is 1.44. The maximum Gasteiger partial charge on any atom is 0.203 e. The van der Waals surface area contributed by atoms with Crippen LogP contribution in [0.25, 0.3) is 6.08 Å². The lowest BCUT2D eigenvalue weighted by atomic mass is 10.1. The first-order valence-electron chi connectivity index (χ1n) is 6.97. The van der Waals surface area contributed by atoms with Gasteiger partial charge in [-0.2, -0.15) is 0 Å². The molecule has 0 fully saturated rings. The fourth-order valence-corrected chi connectivity index (χ4v) is 2.16. The number of nitrogens with two attached hydrogens (primary N) is 1. The van der Waals surface area contributed by atoms with Gasteiger partial charge in [-0.3, -0.25) is 4.79 Å². The Hall–Kier alpha value is -2.95. The zero-order valence-corrected chi connectivity index (χ0v) is 13.3. The van der Waals surface area contributed by atoms with E-state index in [1.54, 1.807) is 63.8 Å². The lowest BCUT2D eigenvalue weighted by Gasteiger charge is -2.12. The van der Waals surface area contributed by atoms with Crippen LogP contribution in [0.3, 0.4) is 0 Å². The van der Waals surface area contributed by atoms with E-state index in [0.717, 1.165) is 5.56 Å². The van der Waals surface area contributed by atoms with Gasteiger partial charge in [0, 0.05) is 11.3 Å². The number of carbonyl (C=O) groups is 1. The summed E-state index contributed by atoms with van der Waals surface area (Å²) in [6, 6.07) is 10.4. The molecule has 0 aliphatic carbocycles. The van der Waals surface area contributed by atoms with Gasteiger partial charge in [-0.05, 0) is 35.9 Å². The molecule has 0 aliphatic rings. The lowest BCUT2D eigenvalue weighted by Crippen LogP contribution is -1.97. The number of allylic oxidation sites excluding steroid dienone is 1. The van der Waals surface area contributed by atoms with Crippen LogP contribution >= 0.6 is 0 Å². The van der Waals surface area contributed by atoms with Crippen molar-refractivity contribution in [2.45, 2.75) is 0 Å². The SMILES string of the molecule is COc1cc(/C=C/C(=O)c2cccc(N)c2)cc(OC)c1OC. The third-order valence-corrected chi connectivity index (χ3v) is 3.29. The molecule has 0 saturated heterocycles. The average Bonchev–Trinajstić information content (AvgIpc) is 2.58. The first-order valence-corrected chi connectivity index (χ1v) is 6.97. The second kappa shape index (κ2) is 7.35. The fraction of sp³-hybridized carbons (Fsp3) is 0.167. The highest BCUT2D eigenvalue weighted by atomic mass is 16.5. The van der Waals surface area contributed by atoms with Gasteiger partial charge in [-0.1, -0.05) is 18.2 Å². The first kappa shape index (κ1) is 16.4. The summed E-state index contributed by atoms with van der Waals surface area (Å²) >= 11 is 0. The van der Waals surface area contributed by atoms with Crippen molar-refractivity contribution in [3.05, 3.63) is 53.6 Å². The van der Waals surface area contributed by atoms with Crippen molar-refractivity contribution in [2.24, 2.45) is 0 Å². The first-order chi connectivity index (χ1) is 11.1. The molecule has 5 nitrogen and oxygen atoms in total. The maximum absolute atomic E-state index is 12.2. The Morgan fingerprint density at radius 2 is 1.65 bits per heavy atom. The molecule has 0 bridgehead atoms. The van der Waals surface area contributed by atoms with Crippen molar-refractivity contribution in [1.82, 2.24) is 0 Å². The number of anilines is 1. The number of carbonyl (C=O) groups excluding carboxylic acids is 1. The summed E-state index contributed by atoms with van der Waals surface area (Å²) in [6.07, 6.45) is 3.17. The van der Waals surface area contributed by atoms with Crippen LogP contribution in [0.2, 0.25) is 0 Å². The van der Waals surface area contributed by atoms with Crippen LogP contribution < -0.4 is 19.9 Å². The Balaban J connectivity index is 2.30. The molecular formula is C18H19NO4. The van der Waals surface area contributed by atoms with Gasteiger partial charge in [0.1, 0.15) is 0 Å². The summed E-state index contributed by atoms with van der Waals surface area (Å²) in [6.45, 7) is 0. The molecule has 2 aromatic carbocycles. The summed E-state index contributed by atoms with van der Waals surface area (Å²) in [4.78, 5) is 12.2. The minimum absolute atomic E-state index is 0.133. The van der Waals surface area contributed by atoms with Crippen molar-refractivity contribution in [3.63, 3.8) is 0 Å². The third kappa shape index (κ3) is 3.83. The number of ether oxygens (including phenoxy) is 3. The number of methoxy groups -OCH3 is 3. The number of rotatable bonds is 6. The van der Waals surface area contributed by atoms with Gasteiger partial charge in [0.05, 0.1) is 21.3 Å². The Kier molecular flexibility index (Phi) is 5.25. The van der Waals surface area contributed by atoms with Crippen molar-refractivity contribution in [1.29, 1.82) is 0 Å². The molecule has 0 saturated carbocycles. The Bertz CT molecular complexity index is 713. The lowest BCUT2D eigenvalue weighted by molar-refractivity contribution is 0.104. The molecule has 0 aliphatic heterocycles. The number of benzene rings is 2. The van der Waals surface area contributed by atoms with Gasteiger partial charge >= 0.3 is 0 Å². The van der Waals surface area contributed by atoms with Crippen molar-refractivity contribution in [2.75, 3.05) is 27.1 Å². The van der Waals surface area contributed by atoms with E-state index in [0.29, 0.717) is 28.5 Å². The van der Waals surface area contributed by atoms with Crippen molar-refractivity contribution >= 4 is 17.5 Å². The molecule has 2 aromatic rings. The molecule has 0 aromatic heterocycles. The Morgan fingerprint density at radius 1 is 1.00 bits per heavy atom. The average molecular weight is 313 g/mol. The summed E-state index contributed by atoms with van der Waals surface area (Å²) in [7, 11) is 4.63. The fourth-order valence-electron chi connectivity index (χ4n) is 2.16. The molecule has 23 heavy (non-hydrogen) atoms. The van der Waals surface area contributed by atoms with E-state index < -0.39 is 0 Å². The van der Waals surface area contributed by atoms with E-state index in [2.05, 4.69) is 0 Å². The van der Waals surface area contributed by atoms with E-state index in [4.69, 9.17) is 19.9 Å². The van der Waals surface area contributed by atoms with Gasteiger partial charge in [-0.25, -0.2) is 0 Å². The largest absolute Gasteiger partial charge is 0.493 e. The molecule has 0 amide bonds. The van der Waals surface area contributed by atoms with E-state index in [9.17, 15) is 4.79 Å². The number of hydrogen-bond donors (Lipinski definition) is 1. The second-order valence-electron chi connectivity index (χ2n) is 4.78. The molecule has 0 spiro atoms. The normalized spacial score (nSPS) is 10.6. The van der Waals surface area contributed by atoms with E-state index in [-0.39, 0.29) is 5.78 Å². The molecule has 2 N–H and O–H groups in total. The van der Waals surface area contributed by atoms with Crippen molar-refractivity contribution in [3.8, 4) is 17.2 Å². The quantitative estimate of drug-likeness (QED) is 0.504. The highest BCUT2D eigenvalue weighted by Crippen LogP contribution is 2.38. The molecule has 0 atom stereocenters. The Morgan fingerprint density at radius 3 is 2.17 bits per heavy atom. The summed E-state index contributed by atoms with van der Waals surface area (Å²) < 4.78 is 15.8. The second-order valence-corrected chi connectivity index (χ2v) is 4.78. The molecule has 120 valence electrons. The van der Waals surface area contributed by atoms with E-state index in [1.165, 1.54) is 6.08 Å². The summed E-state index contributed by atoms with van der Waals surface area (Å²) in [5, 5.41) is 0. The monoisotopic (exact) mass is 313 g/mol. The molecule has 2 rings (SSSR count). The molecular weight excluding hydrogens is 294 g/mol. The van der Waals surface area contributed by atoms with Crippen LogP contribution in [-0.2, 0) is 0 Å². The van der Waals surface area contributed by atoms with Gasteiger partial charge < -0.3 is 19.9 Å². The van der Waals surface area contributed by atoms with Gasteiger partial charge in [0.2, 0.25) is 5.75 Å². The maximum atomic E-state index is 12.2. The van der Waals surface area contributed by atoms with Crippen LogP contribution in [0.1, 0.15) is 15.9 Å². The van der Waals surface area contributed by atoms with Crippen LogP contribution in [0.5, 0.6) is 17.2 Å². The van der Waals surface area contributed by atoms with E-state index >= 15 is 0 Å². The standard InChI is InChI=1S/C18H19NO4/c1-21-16-9-12(10-17(22-2)18(16)23-3)7-8-15(20)13-5-4-6-14(19)11-13/h4-11H,19H2,1-3H3/b8-7+. The summed E-state index contributed by atoms with van der Waals surface area (Å²) in [5.41, 5.74) is 7.54. The molecule has 0 heterocycles. The van der Waals surface area contributed by atoms with Gasteiger partial charge in [-0.15, -0.1) is 0 Å². The highest BCUT2D eigenvalue weighted by molar-refractivity contribution is 6.07. The molecule has 5 heteroatoms. The van der Waals surface area contributed by atoms with E-state index in [1.807, 2.05) is 0 Å².